The van der Waals surface area contributed by atoms with Gasteiger partial charge in [-0.15, -0.1) is 11.6 Å². The predicted octanol–water partition coefficient (Wildman–Crippen LogP) is 8.66. The van der Waals surface area contributed by atoms with E-state index in [4.69, 9.17) is 16.3 Å². The van der Waals surface area contributed by atoms with Crippen LogP contribution >= 0.6 is 11.6 Å². The van der Waals surface area contributed by atoms with Crippen LogP contribution in [0.2, 0.25) is 0 Å². The fourth-order valence-corrected chi connectivity index (χ4v) is 7.49. The fraction of sp³-hybridized carbons (Fsp3) is 0.359. The van der Waals surface area contributed by atoms with E-state index >= 15 is 17.6 Å². The summed E-state index contributed by atoms with van der Waals surface area (Å²) in [6, 6.07) is 12.5. The van der Waals surface area contributed by atoms with Crippen LogP contribution in [-0.2, 0) is 26.8 Å². The summed E-state index contributed by atoms with van der Waals surface area (Å²) in [6.45, 7) is 7.36. The van der Waals surface area contributed by atoms with Gasteiger partial charge in [0.2, 0.25) is 15.9 Å². The molecule has 6 rings (SSSR count). The van der Waals surface area contributed by atoms with E-state index in [0.29, 0.717) is 24.3 Å². The van der Waals surface area contributed by atoms with Gasteiger partial charge >= 0.3 is 5.97 Å². The number of carbonyl (C=O) groups excluding carboxylic acids is 1. The van der Waals surface area contributed by atoms with Crippen LogP contribution < -0.4 is 14.4 Å². The van der Waals surface area contributed by atoms with Gasteiger partial charge < -0.3 is 14.7 Å². The number of anilines is 2. The summed E-state index contributed by atoms with van der Waals surface area (Å²) in [5, 5.41) is 7.95. The number of hydrogen-bond donors (Lipinski definition) is 2. The molecular weight excluding hydrogens is 750 g/mol. The fourth-order valence-electron chi connectivity index (χ4n) is 6.03. The molecule has 0 bridgehead atoms. The molecule has 9 nitrogen and oxygen atoms in total. The number of hydrogen-bond acceptors (Lipinski definition) is 6. The highest BCUT2D eigenvalue weighted by Gasteiger charge is 2.35. The van der Waals surface area contributed by atoms with Gasteiger partial charge in [-0.2, -0.15) is 0 Å². The molecule has 3 aromatic carbocycles. The van der Waals surface area contributed by atoms with Gasteiger partial charge in [0.1, 0.15) is 17.2 Å². The molecule has 1 unspecified atom stereocenters. The molecule has 54 heavy (non-hydrogen) atoms. The van der Waals surface area contributed by atoms with Crippen molar-refractivity contribution in [2.75, 3.05) is 15.4 Å². The number of carboxylic acid groups (broad SMARTS) is 1. The number of aryl methyl sites for hydroxylation is 1. The number of ether oxygens (including phenoxy) is 1. The largest absolute Gasteiger partial charge is 0.488 e. The molecule has 0 spiro atoms. The second-order valence-corrected chi connectivity index (χ2v) is 16.9. The van der Waals surface area contributed by atoms with E-state index in [0.717, 1.165) is 28.9 Å². The predicted molar refractivity (Wildman–Crippen MR) is 196 cm³/mol. The first kappa shape index (κ1) is 39.0. The second kappa shape index (κ2) is 14.9. The molecule has 1 heterocycles. The molecule has 2 aliphatic carbocycles. The number of nitrogens with one attached hydrogen (secondary N) is 1. The van der Waals surface area contributed by atoms with Crippen LogP contribution in [0.1, 0.15) is 102 Å². The van der Waals surface area contributed by atoms with Crippen LogP contribution in [0.4, 0.5) is 28.9 Å². The van der Waals surface area contributed by atoms with Gasteiger partial charge in [-0.25, -0.2) is 30.8 Å². The van der Waals surface area contributed by atoms with Gasteiger partial charge in [0, 0.05) is 11.9 Å². The molecule has 286 valence electrons. The quantitative estimate of drug-likeness (QED) is 0.0789. The van der Waals surface area contributed by atoms with Crippen LogP contribution in [-0.4, -0.2) is 42.2 Å². The highest BCUT2D eigenvalue weighted by molar-refractivity contribution is 7.93. The van der Waals surface area contributed by atoms with Gasteiger partial charge in [-0.05, 0) is 90.5 Å². The first-order valence-corrected chi connectivity index (χ1v) is 19.3. The van der Waals surface area contributed by atoms with Gasteiger partial charge in [0.25, 0.3) is 0 Å². The number of amides is 1. The van der Waals surface area contributed by atoms with Gasteiger partial charge in [0.15, 0.2) is 23.3 Å². The minimum absolute atomic E-state index is 0.0156. The minimum atomic E-state index is -5.07. The summed E-state index contributed by atoms with van der Waals surface area (Å²) in [5.74, 6) is -11.5. The van der Waals surface area contributed by atoms with Crippen molar-refractivity contribution in [3.8, 4) is 5.75 Å². The molecule has 0 saturated heterocycles. The maximum absolute atomic E-state index is 15.4. The molecule has 2 N–H and O–H groups in total. The number of carbonyl (C=O) groups is 2. The summed E-state index contributed by atoms with van der Waals surface area (Å²) in [5.41, 5.74) is -0.285. The van der Waals surface area contributed by atoms with Crippen molar-refractivity contribution < 1.29 is 45.4 Å². The van der Waals surface area contributed by atoms with Crippen LogP contribution in [0, 0.1) is 30.2 Å². The van der Waals surface area contributed by atoms with Crippen molar-refractivity contribution in [3.05, 3.63) is 117 Å². The molecule has 2 aliphatic rings. The van der Waals surface area contributed by atoms with Gasteiger partial charge in [-0.3, -0.25) is 14.5 Å². The highest BCUT2D eigenvalue weighted by Crippen LogP contribution is 2.43. The van der Waals surface area contributed by atoms with Crippen LogP contribution in [0.3, 0.4) is 0 Å². The van der Waals surface area contributed by atoms with Crippen LogP contribution in [0.5, 0.6) is 5.75 Å². The molecule has 2 saturated carbocycles. The Balaban J connectivity index is 1.37. The lowest BCUT2D eigenvalue weighted by molar-refractivity contribution is -0.116. The zero-order chi connectivity index (χ0) is 39.3. The lowest BCUT2D eigenvalue weighted by Crippen LogP contribution is -2.38. The number of aromatic carboxylic acids is 1. The van der Waals surface area contributed by atoms with E-state index in [1.807, 2.05) is 32.9 Å². The highest BCUT2D eigenvalue weighted by atomic mass is 35.5. The molecule has 4 aromatic rings. The number of nitrogens with zero attached hydrogens (tertiary/aromatic N) is 2. The average molecular weight is 788 g/mol. The minimum Gasteiger partial charge on any atom is -0.488 e. The SMILES string of the molecule is Cc1ncccc1C(Cl)c1c(F)c(F)c(NS(=O)(=O)CC(=O)N(Cc2cc(C3CC3)cc(C(C)(C)C)c2)c2ccc(C(=O)O)cc2OC2CC2)c(F)c1F. The number of aromatic nitrogens is 1. The van der Waals surface area contributed by atoms with Gasteiger partial charge in [-0.1, -0.05) is 45.0 Å². The smallest absolute Gasteiger partial charge is 0.335 e. The first-order valence-electron chi connectivity index (χ1n) is 17.2. The van der Waals surface area contributed by atoms with E-state index < -0.39 is 67.5 Å². The van der Waals surface area contributed by atoms with E-state index in [1.165, 1.54) is 48.2 Å². The number of benzene rings is 3. The zero-order valence-electron chi connectivity index (χ0n) is 29.9. The first-order chi connectivity index (χ1) is 25.3. The topological polar surface area (TPSA) is 126 Å². The third kappa shape index (κ3) is 8.49. The standard InChI is InChI=1S/C39H38ClF4N3O6S/c1-20-27(6-5-13-45-20)32(40)31-33(41)35(43)37(36(44)34(31)42)46-54(51,52)19-30(48)47(28-12-9-23(38(49)50)17-29(28)53-26-10-11-26)18-21-14-24(22-7-8-22)16-25(15-21)39(2,3)4/h5-6,9,12-17,22,26,32,46H,7-8,10-11,18-19H2,1-4H3,(H,49,50). The Hall–Kier alpha value is -4.69. The Kier molecular flexibility index (Phi) is 10.7. The summed E-state index contributed by atoms with van der Waals surface area (Å²) >= 11 is 6.26. The molecule has 1 atom stereocenters. The normalized spacial score (nSPS) is 15.1. The lowest BCUT2D eigenvalue weighted by Gasteiger charge is -2.27. The number of alkyl halides is 1. The summed E-state index contributed by atoms with van der Waals surface area (Å²) in [6.07, 6.45) is 4.46. The Bertz CT molecular complexity index is 2230. The molecule has 2 fully saturated rings. The molecule has 1 aromatic heterocycles. The molecular formula is C39H38ClF4N3O6S. The maximum Gasteiger partial charge on any atom is 0.335 e. The monoisotopic (exact) mass is 787 g/mol. The third-order valence-electron chi connectivity index (χ3n) is 9.33. The molecule has 0 aliphatic heterocycles. The van der Waals surface area contributed by atoms with E-state index in [9.17, 15) is 23.1 Å². The van der Waals surface area contributed by atoms with E-state index in [2.05, 4.69) is 11.1 Å². The van der Waals surface area contributed by atoms with Crippen molar-refractivity contribution in [1.82, 2.24) is 4.98 Å². The number of carboxylic acids is 1. The summed E-state index contributed by atoms with van der Waals surface area (Å²) in [4.78, 5) is 31.1. The Morgan fingerprint density at radius 3 is 2.24 bits per heavy atom. The van der Waals surface area contributed by atoms with Crippen molar-refractivity contribution in [2.24, 2.45) is 0 Å². The summed E-state index contributed by atoms with van der Waals surface area (Å²) < 4.78 is 96.2. The van der Waals surface area contributed by atoms with Crippen molar-refractivity contribution in [1.29, 1.82) is 0 Å². The Labute approximate surface area is 315 Å². The van der Waals surface area contributed by atoms with E-state index in [1.54, 1.807) is 0 Å². The molecule has 0 radical (unpaired) electrons. The number of rotatable bonds is 13. The third-order valence-corrected chi connectivity index (χ3v) is 10.9. The average Bonchev–Trinajstić information content (AvgIpc) is 4.04. The number of pyridine rings is 1. The molecule has 15 heteroatoms. The lowest BCUT2D eigenvalue weighted by atomic mass is 9.84. The van der Waals surface area contributed by atoms with Gasteiger partial charge in [0.05, 0.1) is 34.8 Å². The van der Waals surface area contributed by atoms with E-state index in [-0.39, 0.29) is 46.3 Å². The zero-order valence-corrected chi connectivity index (χ0v) is 31.4. The Morgan fingerprint density at radius 2 is 1.67 bits per heavy atom. The summed E-state index contributed by atoms with van der Waals surface area (Å²) in [7, 11) is -5.07. The van der Waals surface area contributed by atoms with Crippen LogP contribution in [0.25, 0.3) is 0 Å². The second-order valence-electron chi connectivity index (χ2n) is 14.7. The van der Waals surface area contributed by atoms with Crippen LogP contribution in [0.15, 0.2) is 54.7 Å². The van der Waals surface area contributed by atoms with Crippen molar-refractivity contribution in [3.63, 3.8) is 0 Å². The maximum atomic E-state index is 15.4. The number of sulfonamides is 1. The van der Waals surface area contributed by atoms with Crippen molar-refractivity contribution in [2.45, 2.75) is 82.7 Å². The Morgan fingerprint density at radius 1 is 1.00 bits per heavy atom. The van der Waals surface area contributed by atoms with Crippen molar-refractivity contribution >= 4 is 44.9 Å². The number of halogens is 5. The molecule has 1 amide bonds.